The molecule has 2 aromatic rings. The van der Waals surface area contributed by atoms with Crippen LogP contribution in [0, 0.1) is 0 Å². The topological polar surface area (TPSA) is 33.4 Å². The Morgan fingerprint density at radius 1 is 1.40 bits per heavy atom. The fourth-order valence-electron chi connectivity index (χ4n) is 1.11. The highest BCUT2D eigenvalue weighted by atomic mass is 79.9. The lowest BCUT2D eigenvalue weighted by Crippen LogP contribution is -1.93. The van der Waals surface area contributed by atoms with Crippen LogP contribution in [0.25, 0.3) is 0 Å². The van der Waals surface area contributed by atoms with Crippen LogP contribution in [0.4, 0.5) is 0 Å². The molecule has 1 atom stereocenters. The molecule has 1 N–H and O–H groups in total. The molecule has 2 aromatic heterocycles. The summed E-state index contributed by atoms with van der Waals surface area (Å²) in [5.74, 6) is 0.493. The average Bonchev–Trinajstić information content (AvgIpc) is 2.74. The number of hydrogen-bond acceptors (Lipinski definition) is 3. The molecule has 1 unspecified atom stereocenters. The van der Waals surface area contributed by atoms with Gasteiger partial charge in [-0.15, -0.1) is 11.3 Å². The van der Waals surface area contributed by atoms with E-state index < -0.39 is 6.10 Å². The average molecular weight is 372 g/mol. The molecule has 0 aliphatic rings. The highest BCUT2D eigenvalue weighted by molar-refractivity contribution is 9.10. The van der Waals surface area contributed by atoms with Gasteiger partial charge in [-0.3, -0.25) is 0 Å². The number of rotatable bonds is 2. The molecule has 0 saturated carbocycles. The highest BCUT2D eigenvalue weighted by Gasteiger charge is 2.18. The van der Waals surface area contributed by atoms with Crippen molar-refractivity contribution in [3.05, 3.63) is 42.3 Å². The van der Waals surface area contributed by atoms with Gasteiger partial charge in [0.05, 0.1) is 0 Å². The molecule has 0 aliphatic carbocycles. The molecule has 0 saturated heterocycles. The Labute approximate surface area is 112 Å². The molecule has 2 nitrogen and oxygen atoms in total. The molecule has 0 spiro atoms. The molecule has 15 heavy (non-hydrogen) atoms. The van der Waals surface area contributed by atoms with Crippen molar-refractivity contribution >= 4 is 54.8 Å². The smallest absolute Gasteiger partial charge is 0.169 e. The van der Waals surface area contributed by atoms with Crippen LogP contribution in [-0.2, 0) is 0 Å². The fraction of sp³-hybridized carbons (Fsp3) is 0.111. The maximum atomic E-state index is 9.96. The van der Waals surface area contributed by atoms with Crippen molar-refractivity contribution in [3.8, 4) is 0 Å². The van der Waals surface area contributed by atoms with Crippen molar-refractivity contribution in [3.63, 3.8) is 0 Å². The summed E-state index contributed by atoms with van der Waals surface area (Å²) in [5.41, 5.74) is 0. The second-order valence-corrected chi connectivity index (χ2v) is 6.14. The molecule has 0 aromatic carbocycles. The van der Waals surface area contributed by atoms with Crippen LogP contribution in [0.3, 0.4) is 0 Å². The predicted octanol–water partition coefficient (Wildman–Crippen LogP) is 4.60. The van der Waals surface area contributed by atoms with Crippen LogP contribution in [-0.4, -0.2) is 5.11 Å². The Bertz CT molecular complexity index is 461. The van der Waals surface area contributed by atoms with Gasteiger partial charge < -0.3 is 9.52 Å². The SMILES string of the molecule is OC(c1ccc(Br)o1)c1cc(Br)c(Cl)s1. The number of halogens is 3. The van der Waals surface area contributed by atoms with Crippen molar-refractivity contribution < 1.29 is 9.52 Å². The van der Waals surface area contributed by atoms with Crippen LogP contribution in [0.2, 0.25) is 4.34 Å². The number of thiophene rings is 1. The third-order valence-electron chi connectivity index (χ3n) is 1.80. The van der Waals surface area contributed by atoms with Crippen LogP contribution in [0.1, 0.15) is 16.7 Å². The van der Waals surface area contributed by atoms with Gasteiger partial charge in [-0.2, -0.15) is 0 Å². The zero-order valence-corrected chi connectivity index (χ0v) is 12.0. The highest BCUT2D eigenvalue weighted by Crippen LogP contribution is 2.37. The number of aliphatic hydroxyl groups excluding tert-OH is 1. The molecule has 0 aliphatic heterocycles. The molecule has 0 fully saturated rings. The third kappa shape index (κ3) is 2.47. The van der Waals surface area contributed by atoms with E-state index >= 15 is 0 Å². The lowest BCUT2D eigenvalue weighted by molar-refractivity contribution is 0.191. The predicted molar refractivity (Wildman–Crippen MR) is 67.5 cm³/mol. The van der Waals surface area contributed by atoms with E-state index in [9.17, 15) is 5.11 Å². The molecule has 0 radical (unpaired) electrons. The van der Waals surface area contributed by atoms with Crippen molar-refractivity contribution in [2.45, 2.75) is 6.10 Å². The van der Waals surface area contributed by atoms with Crippen molar-refractivity contribution in [2.75, 3.05) is 0 Å². The Balaban J connectivity index is 2.31. The van der Waals surface area contributed by atoms with Crippen LogP contribution in [0.5, 0.6) is 0 Å². The van der Waals surface area contributed by atoms with E-state index in [0.29, 0.717) is 14.8 Å². The molecule has 2 heterocycles. The van der Waals surface area contributed by atoms with Gasteiger partial charge in [-0.25, -0.2) is 0 Å². The van der Waals surface area contributed by atoms with Crippen LogP contribution >= 0.6 is 54.8 Å². The second-order valence-electron chi connectivity index (χ2n) is 2.81. The Morgan fingerprint density at radius 3 is 2.60 bits per heavy atom. The third-order valence-corrected chi connectivity index (χ3v) is 4.75. The Hall–Kier alpha value is 0.190. The standard InChI is InChI=1S/C9H5Br2ClO2S/c10-4-3-6(15-9(4)12)8(13)5-1-2-7(11)14-5/h1-3,8,13H. The van der Waals surface area contributed by atoms with Gasteiger partial charge in [0, 0.05) is 9.35 Å². The van der Waals surface area contributed by atoms with E-state index in [4.69, 9.17) is 16.0 Å². The molecule has 6 heteroatoms. The minimum Gasteiger partial charge on any atom is -0.451 e. The van der Waals surface area contributed by atoms with E-state index in [1.54, 1.807) is 18.2 Å². The number of aliphatic hydroxyl groups is 1. The minimum atomic E-state index is -0.773. The summed E-state index contributed by atoms with van der Waals surface area (Å²) in [6, 6.07) is 5.24. The summed E-state index contributed by atoms with van der Waals surface area (Å²) in [7, 11) is 0. The molecule has 0 bridgehead atoms. The lowest BCUT2D eigenvalue weighted by atomic mass is 10.2. The van der Waals surface area contributed by atoms with E-state index in [0.717, 1.165) is 9.35 Å². The zero-order chi connectivity index (χ0) is 11.0. The normalized spacial score (nSPS) is 13.1. The van der Waals surface area contributed by atoms with Gasteiger partial charge >= 0.3 is 0 Å². The number of hydrogen-bond donors (Lipinski definition) is 1. The van der Waals surface area contributed by atoms with Gasteiger partial charge in [-0.05, 0) is 50.1 Å². The first-order chi connectivity index (χ1) is 7.08. The molecule has 2 rings (SSSR count). The zero-order valence-electron chi connectivity index (χ0n) is 7.21. The largest absolute Gasteiger partial charge is 0.451 e. The Morgan fingerprint density at radius 2 is 2.13 bits per heavy atom. The lowest BCUT2D eigenvalue weighted by Gasteiger charge is -2.03. The fourth-order valence-corrected chi connectivity index (χ4v) is 3.16. The van der Waals surface area contributed by atoms with Gasteiger partial charge in [0.1, 0.15) is 16.2 Å². The van der Waals surface area contributed by atoms with E-state index in [-0.39, 0.29) is 0 Å². The summed E-state index contributed by atoms with van der Waals surface area (Å²) in [6.07, 6.45) is -0.773. The molecule has 80 valence electrons. The van der Waals surface area contributed by atoms with Gasteiger partial charge in [-0.1, -0.05) is 11.6 Å². The Kier molecular flexibility index (Phi) is 3.57. The maximum Gasteiger partial charge on any atom is 0.169 e. The summed E-state index contributed by atoms with van der Waals surface area (Å²) >= 11 is 13.7. The van der Waals surface area contributed by atoms with Crippen LogP contribution in [0.15, 0.2) is 31.8 Å². The summed E-state index contributed by atoms with van der Waals surface area (Å²) in [5, 5.41) is 9.96. The number of furan rings is 1. The molecular formula is C9H5Br2ClO2S. The van der Waals surface area contributed by atoms with E-state index in [1.807, 2.05) is 0 Å². The van der Waals surface area contributed by atoms with Crippen molar-refractivity contribution in [2.24, 2.45) is 0 Å². The van der Waals surface area contributed by atoms with Gasteiger partial charge in [0.25, 0.3) is 0 Å². The summed E-state index contributed by atoms with van der Waals surface area (Å²) < 4.78 is 7.27. The first-order valence-corrected chi connectivity index (χ1v) is 6.74. The van der Waals surface area contributed by atoms with Gasteiger partial charge in [0.2, 0.25) is 0 Å². The van der Waals surface area contributed by atoms with Crippen molar-refractivity contribution in [1.29, 1.82) is 0 Å². The van der Waals surface area contributed by atoms with Crippen LogP contribution < -0.4 is 0 Å². The minimum absolute atomic E-state index is 0.493. The first-order valence-electron chi connectivity index (χ1n) is 3.96. The van der Waals surface area contributed by atoms with E-state index in [1.165, 1.54) is 11.3 Å². The summed E-state index contributed by atoms with van der Waals surface area (Å²) in [4.78, 5) is 0.744. The van der Waals surface area contributed by atoms with Crippen molar-refractivity contribution in [1.82, 2.24) is 0 Å². The van der Waals surface area contributed by atoms with E-state index in [2.05, 4.69) is 31.9 Å². The monoisotopic (exact) mass is 370 g/mol. The molecule has 0 amide bonds. The second kappa shape index (κ2) is 4.59. The first kappa shape index (κ1) is 11.7. The quantitative estimate of drug-likeness (QED) is 0.836. The van der Waals surface area contributed by atoms with Gasteiger partial charge in [0.15, 0.2) is 4.67 Å². The maximum absolute atomic E-state index is 9.96. The molecular weight excluding hydrogens is 367 g/mol. The summed E-state index contributed by atoms with van der Waals surface area (Å²) in [6.45, 7) is 0.